The van der Waals surface area contributed by atoms with Gasteiger partial charge in [0.1, 0.15) is 0 Å². The summed E-state index contributed by atoms with van der Waals surface area (Å²) in [7, 11) is 0. The summed E-state index contributed by atoms with van der Waals surface area (Å²) in [5, 5.41) is 7.54. The largest absolute Gasteiger partial charge is 0.345 e. The summed E-state index contributed by atoms with van der Waals surface area (Å²) in [4.78, 5) is 24.2. The molecular formula is C18H22ClN3O2. The van der Waals surface area contributed by atoms with Crippen LogP contribution in [0.25, 0.3) is 10.8 Å². The van der Waals surface area contributed by atoms with Crippen molar-refractivity contribution in [3.63, 3.8) is 0 Å². The summed E-state index contributed by atoms with van der Waals surface area (Å²) in [6.07, 6.45) is 3.30. The van der Waals surface area contributed by atoms with E-state index >= 15 is 0 Å². The number of amides is 2. The van der Waals surface area contributed by atoms with E-state index in [1.165, 1.54) is 0 Å². The Hall–Kier alpha value is -2.11. The minimum Gasteiger partial charge on any atom is -0.345 e. The van der Waals surface area contributed by atoms with Crippen LogP contribution in [0.3, 0.4) is 0 Å². The molecular weight excluding hydrogens is 326 g/mol. The lowest BCUT2D eigenvalue weighted by molar-refractivity contribution is -0.128. The average Bonchev–Trinajstić information content (AvgIpc) is 3.01. The van der Waals surface area contributed by atoms with Crippen molar-refractivity contribution < 1.29 is 9.59 Å². The Morgan fingerprint density at radius 3 is 2.46 bits per heavy atom. The quantitative estimate of drug-likeness (QED) is 0.794. The summed E-state index contributed by atoms with van der Waals surface area (Å²) in [5.74, 6) is -0.487. The van der Waals surface area contributed by atoms with Gasteiger partial charge < -0.3 is 16.4 Å². The fourth-order valence-electron chi connectivity index (χ4n) is 3.10. The maximum absolute atomic E-state index is 12.1. The summed E-state index contributed by atoms with van der Waals surface area (Å²) in [6.45, 7) is -0.0684. The molecule has 128 valence electrons. The van der Waals surface area contributed by atoms with Crippen molar-refractivity contribution >= 4 is 40.7 Å². The smallest absolute Gasteiger partial charge is 0.243 e. The van der Waals surface area contributed by atoms with E-state index in [2.05, 4.69) is 10.6 Å². The maximum atomic E-state index is 12.1. The van der Waals surface area contributed by atoms with Gasteiger partial charge in [-0.15, -0.1) is 12.4 Å². The molecule has 0 aromatic heterocycles. The predicted octanol–water partition coefficient (Wildman–Crippen LogP) is 2.59. The molecule has 2 aromatic carbocycles. The highest BCUT2D eigenvalue weighted by Gasteiger charge is 2.36. The van der Waals surface area contributed by atoms with Gasteiger partial charge in [0.25, 0.3) is 0 Å². The lowest BCUT2D eigenvalue weighted by atomic mass is 9.98. The molecule has 0 bridgehead atoms. The molecule has 1 aliphatic carbocycles. The van der Waals surface area contributed by atoms with E-state index in [1.807, 2.05) is 42.5 Å². The minimum absolute atomic E-state index is 0. The molecule has 4 N–H and O–H groups in total. The predicted molar refractivity (Wildman–Crippen MR) is 98.2 cm³/mol. The molecule has 1 saturated carbocycles. The number of nitrogens with one attached hydrogen (secondary N) is 2. The second-order valence-corrected chi connectivity index (χ2v) is 6.12. The van der Waals surface area contributed by atoms with E-state index in [4.69, 9.17) is 5.73 Å². The first kappa shape index (κ1) is 18.2. The number of halogens is 1. The summed E-state index contributed by atoms with van der Waals surface area (Å²) >= 11 is 0. The molecule has 0 spiro atoms. The fraction of sp³-hybridized carbons (Fsp3) is 0.333. The van der Waals surface area contributed by atoms with Gasteiger partial charge in [-0.25, -0.2) is 0 Å². The molecule has 0 radical (unpaired) electrons. The van der Waals surface area contributed by atoms with Gasteiger partial charge in [0.05, 0.1) is 12.1 Å². The van der Waals surface area contributed by atoms with Gasteiger partial charge in [-0.3, -0.25) is 9.59 Å². The number of fused-ring (bicyclic) bond motifs is 1. The molecule has 0 atom stereocenters. The first-order valence-corrected chi connectivity index (χ1v) is 7.93. The molecule has 1 aliphatic rings. The second-order valence-electron chi connectivity index (χ2n) is 6.12. The van der Waals surface area contributed by atoms with Crippen LogP contribution in [0.5, 0.6) is 0 Å². The molecule has 0 saturated heterocycles. The zero-order valence-electron chi connectivity index (χ0n) is 13.4. The second kappa shape index (κ2) is 7.64. The average molecular weight is 348 g/mol. The van der Waals surface area contributed by atoms with Crippen molar-refractivity contribution in [2.75, 3.05) is 11.9 Å². The van der Waals surface area contributed by atoms with Crippen molar-refractivity contribution in [3.05, 3.63) is 42.5 Å². The summed E-state index contributed by atoms with van der Waals surface area (Å²) in [5.41, 5.74) is 6.01. The van der Waals surface area contributed by atoms with Gasteiger partial charge in [-0.2, -0.15) is 0 Å². The van der Waals surface area contributed by atoms with Crippen molar-refractivity contribution in [2.24, 2.45) is 5.73 Å². The van der Waals surface area contributed by atoms with Gasteiger partial charge in [0.15, 0.2) is 0 Å². The van der Waals surface area contributed by atoms with Crippen LogP contribution < -0.4 is 16.4 Å². The highest BCUT2D eigenvalue weighted by atomic mass is 35.5. The van der Waals surface area contributed by atoms with Crippen LogP contribution in [0, 0.1) is 0 Å². The third kappa shape index (κ3) is 3.86. The molecule has 1 fully saturated rings. The molecule has 0 heterocycles. The Kier molecular flexibility index (Phi) is 5.80. The van der Waals surface area contributed by atoms with Crippen molar-refractivity contribution in [3.8, 4) is 0 Å². The van der Waals surface area contributed by atoms with Crippen LogP contribution in [0.4, 0.5) is 5.69 Å². The van der Waals surface area contributed by atoms with Crippen molar-refractivity contribution in [1.82, 2.24) is 5.32 Å². The summed E-state index contributed by atoms with van der Waals surface area (Å²) in [6, 6.07) is 13.6. The third-order valence-corrected chi connectivity index (χ3v) is 4.42. The molecule has 5 nitrogen and oxygen atoms in total. The molecule has 6 heteroatoms. The van der Waals surface area contributed by atoms with E-state index in [-0.39, 0.29) is 30.8 Å². The van der Waals surface area contributed by atoms with Gasteiger partial charge in [0, 0.05) is 11.1 Å². The Labute approximate surface area is 147 Å². The molecule has 2 aromatic rings. The lowest BCUT2D eigenvalue weighted by Crippen LogP contribution is -2.53. The topological polar surface area (TPSA) is 84.2 Å². The molecule has 3 rings (SSSR count). The van der Waals surface area contributed by atoms with Gasteiger partial charge >= 0.3 is 0 Å². The Morgan fingerprint density at radius 1 is 1.04 bits per heavy atom. The number of rotatable bonds is 4. The number of hydrogen-bond acceptors (Lipinski definition) is 3. The minimum atomic E-state index is -0.806. The fourth-order valence-corrected chi connectivity index (χ4v) is 3.10. The van der Waals surface area contributed by atoms with E-state index < -0.39 is 5.54 Å². The first-order chi connectivity index (χ1) is 11.1. The van der Waals surface area contributed by atoms with Crippen molar-refractivity contribution in [1.29, 1.82) is 0 Å². The Balaban J connectivity index is 0.00000208. The lowest BCUT2D eigenvalue weighted by Gasteiger charge is -2.22. The van der Waals surface area contributed by atoms with Crippen LogP contribution in [-0.4, -0.2) is 23.9 Å². The zero-order chi connectivity index (χ0) is 16.3. The van der Waals surface area contributed by atoms with E-state index in [9.17, 15) is 9.59 Å². The molecule has 0 unspecified atom stereocenters. The number of carbonyl (C=O) groups is 2. The highest BCUT2D eigenvalue weighted by Crippen LogP contribution is 2.27. The van der Waals surface area contributed by atoms with E-state index in [0.29, 0.717) is 12.8 Å². The van der Waals surface area contributed by atoms with Crippen LogP contribution in [0.15, 0.2) is 42.5 Å². The number of nitrogens with two attached hydrogens (primary N) is 1. The van der Waals surface area contributed by atoms with Crippen LogP contribution in [0.1, 0.15) is 25.7 Å². The zero-order valence-corrected chi connectivity index (χ0v) is 14.2. The van der Waals surface area contributed by atoms with Crippen molar-refractivity contribution in [2.45, 2.75) is 31.2 Å². The first-order valence-electron chi connectivity index (χ1n) is 7.93. The normalized spacial score (nSPS) is 15.5. The number of carbonyl (C=O) groups excluding carboxylic acids is 2. The van der Waals surface area contributed by atoms with Gasteiger partial charge in [-0.05, 0) is 24.3 Å². The number of benzene rings is 2. The third-order valence-electron chi connectivity index (χ3n) is 4.42. The van der Waals surface area contributed by atoms with Gasteiger partial charge in [-0.1, -0.05) is 49.2 Å². The highest BCUT2D eigenvalue weighted by molar-refractivity contribution is 6.03. The van der Waals surface area contributed by atoms with Gasteiger partial charge in [0.2, 0.25) is 11.8 Å². The Morgan fingerprint density at radius 2 is 1.71 bits per heavy atom. The summed E-state index contributed by atoms with van der Waals surface area (Å²) < 4.78 is 0. The maximum Gasteiger partial charge on any atom is 0.243 e. The SMILES string of the molecule is Cl.NC1(C(=O)NCC(=O)Nc2cccc3ccccc23)CCCC1. The standard InChI is InChI=1S/C18H21N3O2.ClH/c19-18(10-3-4-11-18)17(23)20-12-16(22)21-15-9-5-7-13-6-1-2-8-14(13)15;/h1-2,5-9H,3-4,10-12,19H2,(H,20,23)(H,21,22);1H. The van der Waals surface area contributed by atoms with Crippen LogP contribution in [0.2, 0.25) is 0 Å². The molecule has 0 aliphatic heterocycles. The Bertz CT molecular complexity index is 737. The number of anilines is 1. The van der Waals surface area contributed by atoms with E-state index in [1.54, 1.807) is 0 Å². The molecule has 24 heavy (non-hydrogen) atoms. The number of hydrogen-bond donors (Lipinski definition) is 3. The van der Waals surface area contributed by atoms with Crippen LogP contribution >= 0.6 is 12.4 Å². The van der Waals surface area contributed by atoms with Crippen LogP contribution in [-0.2, 0) is 9.59 Å². The molecule has 2 amide bonds. The van der Waals surface area contributed by atoms with E-state index in [0.717, 1.165) is 29.3 Å². The monoisotopic (exact) mass is 347 g/mol.